The summed E-state index contributed by atoms with van der Waals surface area (Å²) in [4.78, 5) is 17.6. The molecule has 0 saturated heterocycles. The van der Waals surface area contributed by atoms with E-state index in [2.05, 4.69) is 27.1 Å². The minimum Gasteiger partial charge on any atom is -0.301 e. The van der Waals surface area contributed by atoms with Crippen molar-refractivity contribution in [3.63, 3.8) is 0 Å². The zero-order valence-corrected chi connectivity index (χ0v) is 22.2. The Morgan fingerprint density at radius 1 is 1.17 bits per heavy atom. The lowest BCUT2D eigenvalue weighted by atomic mass is 10.2. The Labute approximate surface area is 218 Å². The quantitative estimate of drug-likeness (QED) is 0.223. The van der Waals surface area contributed by atoms with Crippen LogP contribution in [0.5, 0.6) is 0 Å². The number of sulfone groups is 1. The Hall–Kier alpha value is -3.28. The van der Waals surface area contributed by atoms with Crippen LogP contribution in [0.25, 0.3) is 11.3 Å². The summed E-state index contributed by atoms with van der Waals surface area (Å²) < 4.78 is 27.5. The lowest BCUT2D eigenvalue weighted by Gasteiger charge is -2.12. The molecule has 1 N–H and O–H groups in total. The average Bonchev–Trinajstić information content (AvgIpc) is 3.47. The van der Waals surface area contributed by atoms with Crippen molar-refractivity contribution in [1.82, 2.24) is 19.7 Å². The van der Waals surface area contributed by atoms with Crippen LogP contribution in [0.1, 0.15) is 18.3 Å². The molecule has 2 heterocycles. The largest absolute Gasteiger partial charge is 0.301 e. The lowest BCUT2D eigenvalue weighted by Crippen LogP contribution is -2.23. The molecule has 0 bridgehead atoms. The summed E-state index contributed by atoms with van der Waals surface area (Å²) in [6.45, 7) is 7.72. The third-order valence-corrected chi connectivity index (χ3v) is 8.73. The van der Waals surface area contributed by atoms with Crippen LogP contribution in [0.4, 0.5) is 5.13 Å². The summed E-state index contributed by atoms with van der Waals surface area (Å²) in [6.07, 6.45) is 1.64. The summed E-state index contributed by atoms with van der Waals surface area (Å²) in [5.74, 6) is -0.256. The van der Waals surface area contributed by atoms with Crippen molar-refractivity contribution in [3.8, 4) is 11.3 Å². The molecule has 2 aromatic carbocycles. The van der Waals surface area contributed by atoms with Crippen LogP contribution in [-0.2, 0) is 26.9 Å². The molecule has 0 spiro atoms. The summed E-state index contributed by atoms with van der Waals surface area (Å²) in [6, 6.07) is 16.4. The van der Waals surface area contributed by atoms with Gasteiger partial charge in [-0.1, -0.05) is 65.9 Å². The van der Waals surface area contributed by atoms with E-state index in [1.54, 1.807) is 41.8 Å². The molecule has 0 aliphatic carbocycles. The highest BCUT2D eigenvalue weighted by molar-refractivity contribution is 8.00. The molecule has 36 heavy (non-hydrogen) atoms. The van der Waals surface area contributed by atoms with Gasteiger partial charge in [0.2, 0.25) is 5.91 Å². The van der Waals surface area contributed by atoms with Gasteiger partial charge in [-0.15, -0.1) is 28.1 Å². The molecular formula is C25H25N5O3S3. The van der Waals surface area contributed by atoms with Crippen LogP contribution >= 0.6 is 23.1 Å². The second-order valence-electron chi connectivity index (χ2n) is 8.02. The number of aromatic nitrogens is 4. The van der Waals surface area contributed by atoms with Gasteiger partial charge in [-0.3, -0.25) is 4.79 Å². The molecule has 0 fully saturated rings. The van der Waals surface area contributed by atoms with Gasteiger partial charge in [-0.25, -0.2) is 13.4 Å². The van der Waals surface area contributed by atoms with Crippen LogP contribution in [0, 0.1) is 6.92 Å². The third kappa shape index (κ3) is 6.10. The van der Waals surface area contributed by atoms with Crippen molar-refractivity contribution < 1.29 is 13.2 Å². The van der Waals surface area contributed by atoms with E-state index in [0.717, 1.165) is 16.8 Å². The molecule has 11 heteroatoms. The van der Waals surface area contributed by atoms with Gasteiger partial charge in [-0.05, 0) is 26.0 Å². The predicted molar refractivity (Wildman–Crippen MR) is 144 cm³/mol. The van der Waals surface area contributed by atoms with Crippen LogP contribution < -0.4 is 5.32 Å². The maximum Gasteiger partial charge on any atom is 0.239 e. The monoisotopic (exact) mass is 539 g/mol. The number of thiazole rings is 1. The summed E-state index contributed by atoms with van der Waals surface area (Å²) >= 11 is 2.55. The van der Waals surface area contributed by atoms with E-state index < -0.39 is 15.1 Å². The number of anilines is 1. The van der Waals surface area contributed by atoms with Crippen molar-refractivity contribution in [3.05, 3.63) is 84.0 Å². The molecular weight excluding hydrogens is 515 g/mol. The number of aryl methyl sites for hydroxylation is 1. The van der Waals surface area contributed by atoms with Gasteiger partial charge >= 0.3 is 0 Å². The number of nitrogens with one attached hydrogen (secondary N) is 1. The Morgan fingerprint density at radius 3 is 2.58 bits per heavy atom. The number of thioether (sulfide) groups is 1. The maximum absolute atomic E-state index is 12.9. The molecule has 8 nitrogen and oxygen atoms in total. The van der Waals surface area contributed by atoms with Gasteiger partial charge in [0.1, 0.15) is 11.6 Å². The fourth-order valence-corrected chi connectivity index (χ4v) is 6.19. The maximum atomic E-state index is 12.9. The lowest BCUT2D eigenvalue weighted by molar-refractivity contribution is -0.115. The fourth-order valence-electron chi connectivity index (χ4n) is 3.32. The van der Waals surface area contributed by atoms with Crippen LogP contribution in [0.15, 0.2) is 82.7 Å². The summed E-state index contributed by atoms with van der Waals surface area (Å²) in [7, 11) is -3.62. The van der Waals surface area contributed by atoms with Crippen molar-refractivity contribution in [2.24, 2.45) is 0 Å². The number of benzene rings is 2. The number of hydrogen-bond donors (Lipinski definition) is 1. The first kappa shape index (κ1) is 25.8. The second-order valence-corrected chi connectivity index (χ2v) is 12.2. The van der Waals surface area contributed by atoms with E-state index in [-0.39, 0.29) is 22.4 Å². The molecule has 2 aromatic heterocycles. The number of rotatable bonds is 10. The average molecular weight is 540 g/mol. The SMILES string of the molecule is C=CCn1c(CS(=O)(=O)c2ccc(C)cc2)nnc1SC(C)C(=O)Nc1nc(-c2ccccc2)cs1. The zero-order valence-electron chi connectivity index (χ0n) is 19.8. The van der Waals surface area contributed by atoms with E-state index in [9.17, 15) is 13.2 Å². The topological polar surface area (TPSA) is 107 Å². The molecule has 4 rings (SSSR count). The summed E-state index contributed by atoms with van der Waals surface area (Å²) in [5.41, 5.74) is 2.74. The number of carbonyl (C=O) groups is 1. The molecule has 0 aliphatic heterocycles. The smallest absolute Gasteiger partial charge is 0.239 e. The van der Waals surface area contributed by atoms with E-state index in [0.29, 0.717) is 16.8 Å². The molecule has 4 aromatic rings. The number of nitrogens with zero attached hydrogens (tertiary/aromatic N) is 4. The number of allylic oxidation sites excluding steroid dienone is 1. The molecule has 1 amide bonds. The van der Waals surface area contributed by atoms with Gasteiger partial charge in [0.25, 0.3) is 0 Å². The number of hydrogen-bond acceptors (Lipinski definition) is 8. The van der Waals surface area contributed by atoms with Crippen molar-refractivity contribution in [2.75, 3.05) is 5.32 Å². The van der Waals surface area contributed by atoms with E-state index in [4.69, 9.17) is 0 Å². The van der Waals surface area contributed by atoms with Crippen LogP contribution in [0.3, 0.4) is 0 Å². The zero-order chi connectivity index (χ0) is 25.7. The minimum atomic E-state index is -3.62. The van der Waals surface area contributed by atoms with Crippen molar-refractivity contribution >= 4 is 44.0 Å². The highest BCUT2D eigenvalue weighted by Gasteiger charge is 2.24. The van der Waals surface area contributed by atoms with Crippen LogP contribution in [0.2, 0.25) is 0 Å². The number of carbonyl (C=O) groups excluding carboxylic acids is 1. The predicted octanol–water partition coefficient (Wildman–Crippen LogP) is 4.99. The van der Waals surface area contributed by atoms with Gasteiger partial charge < -0.3 is 9.88 Å². The Kier molecular flexibility index (Phi) is 8.02. The highest BCUT2D eigenvalue weighted by Crippen LogP contribution is 2.28. The van der Waals surface area contributed by atoms with E-state index in [1.807, 2.05) is 42.6 Å². The standard InChI is InChI=1S/C25H25N5O3S3/c1-4-14-30-22(16-36(32,33)20-12-10-17(2)11-13-20)28-29-25(30)35-18(3)23(31)27-24-26-21(15-34-24)19-8-6-5-7-9-19/h4-13,15,18H,1,14,16H2,2-3H3,(H,26,27,31). The molecule has 0 saturated carbocycles. The normalized spacial score (nSPS) is 12.3. The molecule has 1 unspecified atom stereocenters. The first-order valence-electron chi connectivity index (χ1n) is 11.1. The Bertz CT molecular complexity index is 1460. The first-order valence-corrected chi connectivity index (χ1v) is 14.5. The Balaban J connectivity index is 1.46. The van der Waals surface area contributed by atoms with Gasteiger partial charge in [0.15, 0.2) is 20.1 Å². The third-order valence-electron chi connectivity index (χ3n) is 5.26. The summed E-state index contributed by atoms with van der Waals surface area (Å²) in [5, 5.41) is 13.5. The van der Waals surface area contributed by atoms with E-state index in [1.165, 1.54) is 23.1 Å². The molecule has 0 radical (unpaired) electrons. The van der Waals surface area contributed by atoms with E-state index >= 15 is 0 Å². The van der Waals surface area contributed by atoms with Gasteiger partial charge in [0, 0.05) is 17.5 Å². The molecule has 1 atom stereocenters. The molecule has 186 valence electrons. The second kappa shape index (κ2) is 11.2. The van der Waals surface area contributed by atoms with Gasteiger partial charge in [0.05, 0.1) is 15.8 Å². The molecule has 0 aliphatic rings. The number of amides is 1. The minimum absolute atomic E-state index is 0.224. The Morgan fingerprint density at radius 2 is 1.89 bits per heavy atom. The van der Waals surface area contributed by atoms with Crippen molar-refractivity contribution in [2.45, 2.75) is 41.4 Å². The van der Waals surface area contributed by atoms with Gasteiger partial charge in [-0.2, -0.15) is 0 Å². The highest BCUT2D eigenvalue weighted by atomic mass is 32.2. The first-order chi connectivity index (χ1) is 17.3. The van der Waals surface area contributed by atoms with Crippen LogP contribution in [-0.4, -0.2) is 39.3 Å². The van der Waals surface area contributed by atoms with Crippen molar-refractivity contribution in [1.29, 1.82) is 0 Å². The fraction of sp³-hybridized carbons (Fsp3) is 0.200.